The molecule has 1 amide bonds. The fourth-order valence-electron chi connectivity index (χ4n) is 2.52. The van der Waals surface area contributed by atoms with Crippen LogP contribution in [-0.2, 0) is 5.54 Å². The number of anilines is 2. The van der Waals surface area contributed by atoms with Gasteiger partial charge in [0.15, 0.2) is 17.3 Å². The van der Waals surface area contributed by atoms with Crippen molar-refractivity contribution in [3.63, 3.8) is 0 Å². The van der Waals surface area contributed by atoms with Gasteiger partial charge in [-0.3, -0.25) is 15.2 Å². The van der Waals surface area contributed by atoms with Gasteiger partial charge in [-0.15, -0.1) is 0 Å². The summed E-state index contributed by atoms with van der Waals surface area (Å²) in [7, 11) is 0. The Balaban J connectivity index is 1.84. The third-order valence-electron chi connectivity index (χ3n) is 3.99. The minimum absolute atomic E-state index is 0.0247. The second-order valence-electron chi connectivity index (χ2n) is 5.73. The highest BCUT2D eigenvalue weighted by Crippen LogP contribution is 2.45. The number of nitrogens with two attached hydrogens (primary N) is 1. The maximum atomic E-state index is 12.7. The van der Waals surface area contributed by atoms with E-state index in [2.05, 4.69) is 37.4 Å². The zero-order valence-electron chi connectivity index (χ0n) is 13.9. The number of amides is 1. The standard InChI is InChI=1S/C17H18N8O/c1-2-12-15(25-21-9-7-18)23-14(19)13(22-12)16(26)24-17(5-6-17)11-4-3-8-20-10-11/h2-4,7-10,18H,1,5-6H2,(H,24,26)(H3,19,23,25)/b18-7?,21-9-. The van der Waals surface area contributed by atoms with Crippen LogP contribution in [0.1, 0.15) is 34.6 Å². The maximum absolute atomic E-state index is 12.7. The van der Waals surface area contributed by atoms with E-state index in [0.717, 1.165) is 24.6 Å². The molecule has 0 aliphatic heterocycles. The van der Waals surface area contributed by atoms with E-state index in [1.165, 1.54) is 12.3 Å². The maximum Gasteiger partial charge on any atom is 0.274 e. The molecule has 0 atom stereocenters. The summed E-state index contributed by atoms with van der Waals surface area (Å²) in [6, 6.07) is 3.76. The van der Waals surface area contributed by atoms with Crippen molar-refractivity contribution in [1.82, 2.24) is 20.3 Å². The van der Waals surface area contributed by atoms with Gasteiger partial charge in [0, 0.05) is 18.6 Å². The number of aromatic nitrogens is 3. The first-order valence-corrected chi connectivity index (χ1v) is 7.91. The van der Waals surface area contributed by atoms with Gasteiger partial charge in [-0.05, 0) is 30.5 Å². The summed E-state index contributed by atoms with van der Waals surface area (Å²) in [5.74, 6) is -0.183. The van der Waals surface area contributed by atoms with Crippen molar-refractivity contribution in [2.24, 2.45) is 5.10 Å². The first kappa shape index (κ1) is 17.2. The molecule has 2 heterocycles. The zero-order valence-corrected chi connectivity index (χ0v) is 13.9. The predicted octanol–water partition coefficient (Wildman–Crippen LogP) is 1.56. The number of nitrogens with zero attached hydrogens (tertiary/aromatic N) is 4. The summed E-state index contributed by atoms with van der Waals surface area (Å²) < 4.78 is 0. The molecule has 1 saturated carbocycles. The topological polar surface area (TPSA) is 142 Å². The summed E-state index contributed by atoms with van der Waals surface area (Å²) in [6.45, 7) is 3.66. The Kier molecular flexibility index (Phi) is 4.70. The van der Waals surface area contributed by atoms with Crippen LogP contribution < -0.4 is 16.5 Å². The molecular formula is C17H18N8O. The van der Waals surface area contributed by atoms with E-state index in [4.69, 9.17) is 11.1 Å². The lowest BCUT2D eigenvalue weighted by Gasteiger charge is -2.18. The molecule has 1 aliphatic carbocycles. The molecule has 0 saturated heterocycles. The summed E-state index contributed by atoms with van der Waals surface area (Å²) in [5.41, 5.74) is 9.39. The van der Waals surface area contributed by atoms with Gasteiger partial charge in [0.25, 0.3) is 5.91 Å². The summed E-state index contributed by atoms with van der Waals surface area (Å²) in [6.07, 6.45) is 8.76. The van der Waals surface area contributed by atoms with Crippen molar-refractivity contribution >= 4 is 36.0 Å². The first-order valence-electron chi connectivity index (χ1n) is 7.91. The number of nitrogens with one attached hydrogen (secondary N) is 3. The molecule has 132 valence electrons. The molecule has 3 rings (SSSR count). The number of carbonyl (C=O) groups is 1. The number of hydrogen-bond acceptors (Lipinski definition) is 8. The summed E-state index contributed by atoms with van der Waals surface area (Å²) in [4.78, 5) is 25.2. The Morgan fingerprint density at radius 1 is 1.42 bits per heavy atom. The third kappa shape index (κ3) is 3.41. The lowest BCUT2D eigenvalue weighted by molar-refractivity contribution is 0.0926. The number of carbonyl (C=O) groups excluding carboxylic acids is 1. The molecule has 26 heavy (non-hydrogen) atoms. The van der Waals surface area contributed by atoms with Gasteiger partial charge >= 0.3 is 0 Å². The van der Waals surface area contributed by atoms with Crippen molar-refractivity contribution in [2.75, 3.05) is 11.2 Å². The van der Waals surface area contributed by atoms with Crippen LogP contribution in [0.2, 0.25) is 0 Å². The molecule has 2 aromatic heterocycles. The summed E-state index contributed by atoms with van der Waals surface area (Å²) >= 11 is 0. The second-order valence-corrected chi connectivity index (χ2v) is 5.73. The average molecular weight is 350 g/mol. The van der Waals surface area contributed by atoms with E-state index in [1.807, 2.05) is 12.1 Å². The van der Waals surface area contributed by atoms with E-state index in [9.17, 15) is 4.79 Å². The number of rotatable bonds is 7. The van der Waals surface area contributed by atoms with Crippen molar-refractivity contribution in [2.45, 2.75) is 18.4 Å². The van der Waals surface area contributed by atoms with E-state index < -0.39 is 11.4 Å². The van der Waals surface area contributed by atoms with Crippen molar-refractivity contribution < 1.29 is 4.79 Å². The van der Waals surface area contributed by atoms with Crippen LogP contribution >= 0.6 is 0 Å². The summed E-state index contributed by atoms with van der Waals surface area (Å²) in [5, 5.41) is 13.7. The smallest absolute Gasteiger partial charge is 0.274 e. The van der Waals surface area contributed by atoms with Crippen LogP contribution in [0.3, 0.4) is 0 Å². The molecule has 1 fully saturated rings. The monoisotopic (exact) mass is 350 g/mol. The molecule has 0 aromatic carbocycles. The highest BCUT2D eigenvalue weighted by Gasteiger charge is 2.46. The molecular weight excluding hydrogens is 332 g/mol. The minimum Gasteiger partial charge on any atom is -0.382 e. The molecule has 5 N–H and O–H groups in total. The van der Waals surface area contributed by atoms with Crippen molar-refractivity contribution in [3.8, 4) is 0 Å². The molecule has 0 unspecified atom stereocenters. The molecule has 0 spiro atoms. The van der Waals surface area contributed by atoms with Crippen LogP contribution in [0.15, 0.2) is 36.2 Å². The highest BCUT2D eigenvalue weighted by molar-refractivity contribution is 6.14. The van der Waals surface area contributed by atoms with Crippen molar-refractivity contribution in [3.05, 3.63) is 48.1 Å². The molecule has 2 aromatic rings. The van der Waals surface area contributed by atoms with Gasteiger partial charge in [0.2, 0.25) is 0 Å². The van der Waals surface area contributed by atoms with Gasteiger partial charge in [-0.1, -0.05) is 12.6 Å². The number of hydrazone groups is 1. The quantitative estimate of drug-likeness (QED) is 0.441. The normalized spacial score (nSPS) is 14.6. The van der Waals surface area contributed by atoms with Gasteiger partial charge in [-0.2, -0.15) is 5.10 Å². The van der Waals surface area contributed by atoms with E-state index in [1.54, 1.807) is 12.4 Å². The predicted molar refractivity (Wildman–Crippen MR) is 100 cm³/mol. The van der Waals surface area contributed by atoms with Crippen molar-refractivity contribution in [1.29, 1.82) is 5.41 Å². The SMILES string of the molecule is C=Cc1nc(C(=O)NC2(c3cccnc3)CC2)c(N)nc1N/N=C\C=N. The number of pyridine rings is 1. The molecule has 9 heteroatoms. The van der Waals surface area contributed by atoms with E-state index in [0.29, 0.717) is 5.69 Å². The zero-order chi connectivity index (χ0) is 18.6. The first-order chi connectivity index (χ1) is 12.6. The Bertz CT molecular complexity index is 874. The minimum atomic E-state index is -0.432. The van der Waals surface area contributed by atoms with Gasteiger partial charge < -0.3 is 16.5 Å². The number of nitrogen functional groups attached to an aromatic ring is 1. The Hall–Kier alpha value is -3.62. The Morgan fingerprint density at radius 2 is 2.23 bits per heavy atom. The molecule has 9 nitrogen and oxygen atoms in total. The van der Waals surface area contributed by atoms with Crippen LogP contribution in [-0.4, -0.2) is 33.3 Å². The van der Waals surface area contributed by atoms with E-state index in [-0.39, 0.29) is 17.3 Å². The van der Waals surface area contributed by atoms with Crippen LogP contribution in [0, 0.1) is 5.41 Å². The van der Waals surface area contributed by atoms with Crippen LogP contribution in [0.4, 0.5) is 11.6 Å². The van der Waals surface area contributed by atoms with E-state index >= 15 is 0 Å². The van der Waals surface area contributed by atoms with Crippen LogP contribution in [0.25, 0.3) is 6.08 Å². The lowest BCUT2D eigenvalue weighted by atomic mass is 10.1. The fourth-order valence-corrected chi connectivity index (χ4v) is 2.52. The third-order valence-corrected chi connectivity index (χ3v) is 3.99. The van der Waals surface area contributed by atoms with Gasteiger partial charge in [0.05, 0.1) is 11.8 Å². The average Bonchev–Trinajstić information content (AvgIpc) is 3.43. The lowest BCUT2D eigenvalue weighted by Crippen LogP contribution is -2.36. The highest BCUT2D eigenvalue weighted by atomic mass is 16.2. The van der Waals surface area contributed by atoms with Crippen LogP contribution in [0.5, 0.6) is 0 Å². The number of hydrogen-bond donors (Lipinski definition) is 4. The molecule has 0 radical (unpaired) electrons. The Morgan fingerprint density at radius 3 is 2.85 bits per heavy atom. The van der Waals surface area contributed by atoms with Gasteiger partial charge in [0.1, 0.15) is 5.69 Å². The molecule has 0 bridgehead atoms. The largest absolute Gasteiger partial charge is 0.382 e. The molecule has 1 aliphatic rings. The second kappa shape index (κ2) is 7.09. The van der Waals surface area contributed by atoms with Gasteiger partial charge in [-0.25, -0.2) is 9.97 Å². The fraction of sp³-hybridized carbons (Fsp3) is 0.176. The Labute approximate surface area is 150 Å².